The van der Waals surface area contributed by atoms with Crippen molar-refractivity contribution in [1.29, 1.82) is 0 Å². The maximum Gasteiger partial charge on any atom is 0.416 e. The zero-order valence-corrected chi connectivity index (χ0v) is 16.2. The number of hydrogen-bond acceptors (Lipinski definition) is 4. The van der Waals surface area contributed by atoms with Crippen molar-refractivity contribution in [3.05, 3.63) is 53.6 Å². The number of benzene rings is 2. The molecule has 1 N–H and O–H groups in total. The largest absolute Gasteiger partial charge is 0.490 e. The molecule has 152 valence electrons. The van der Waals surface area contributed by atoms with Gasteiger partial charge in [-0.15, -0.1) is 11.8 Å². The van der Waals surface area contributed by atoms with Crippen LogP contribution in [-0.4, -0.2) is 31.4 Å². The molecule has 29 heavy (non-hydrogen) atoms. The van der Waals surface area contributed by atoms with Gasteiger partial charge in [-0.05, 0) is 36.4 Å². The summed E-state index contributed by atoms with van der Waals surface area (Å²) in [5, 5.41) is 2.63. The Morgan fingerprint density at radius 1 is 1.10 bits per heavy atom. The van der Waals surface area contributed by atoms with Gasteiger partial charge < -0.3 is 14.8 Å². The second-order valence-electron chi connectivity index (χ2n) is 6.10. The summed E-state index contributed by atoms with van der Waals surface area (Å²) in [5.41, 5.74) is -0.504. The van der Waals surface area contributed by atoms with Gasteiger partial charge in [0.2, 0.25) is 5.91 Å². The van der Waals surface area contributed by atoms with E-state index in [4.69, 9.17) is 9.47 Å². The Kier molecular flexibility index (Phi) is 6.94. The van der Waals surface area contributed by atoms with E-state index in [0.717, 1.165) is 23.4 Å². The molecular formula is C21H18F3NO3S. The van der Waals surface area contributed by atoms with E-state index < -0.39 is 11.7 Å². The summed E-state index contributed by atoms with van der Waals surface area (Å²) in [7, 11) is 0. The van der Waals surface area contributed by atoms with E-state index >= 15 is 0 Å². The highest BCUT2D eigenvalue weighted by Gasteiger charge is 2.30. The second-order valence-corrected chi connectivity index (χ2v) is 7.15. The first-order valence-electron chi connectivity index (χ1n) is 8.87. The van der Waals surface area contributed by atoms with Crippen LogP contribution in [-0.2, 0) is 11.0 Å². The van der Waals surface area contributed by atoms with Gasteiger partial charge in [-0.1, -0.05) is 17.9 Å². The lowest BCUT2D eigenvalue weighted by atomic mass is 10.1. The molecule has 0 aromatic heterocycles. The normalized spacial score (nSPS) is 13.1. The number of fused-ring (bicyclic) bond motifs is 1. The fourth-order valence-corrected chi connectivity index (χ4v) is 3.25. The number of carbonyl (C=O) groups excluding carboxylic acids is 1. The molecule has 0 atom stereocenters. The van der Waals surface area contributed by atoms with Crippen LogP contribution in [0, 0.1) is 11.8 Å². The number of thioether (sulfide) groups is 1. The smallest absolute Gasteiger partial charge is 0.416 e. The number of hydrogen-bond donors (Lipinski definition) is 1. The molecule has 0 saturated carbocycles. The summed E-state index contributed by atoms with van der Waals surface area (Å²) < 4.78 is 49.2. The topological polar surface area (TPSA) is 47.6 Å². The monoisotopic (exact) mass is 421 g/mol. The number of ether oxygens (including phenoxy) is 2. The summed E-state index contributed by atoms with van der Waals surface area (Å²) in [4.78, 5) is 12.8. The summed E-state index contributed by atoms with van der Waals surface area (Å²) in [5.74, 6) is 6.61. The first-order valence-corrected chi connectivity index (χ1v) is 9.86. The SMILES string of the molecule is O=C(CSc1ccc2c(c1)OCCCO2)NCC#Cc1cccc(C(F)(F)F)c1. The highest BCUT2D eigenvalue weighted by Crippen LogP contribution is 2.33. The molecule has 1 amide bonds. The van der Waals surface area contributed by atoms with Gasteiger partial charge in [-0.25, -0.2) is 0 Å². The van der Waals surface area contributed by atoms with E-state index in [-0.39, 0.29) is 23.8 Å². The molecule has 2 aromatic carbocycles. The van der Waals surface area contributed by atoms with E-state index in [1.165, 1.54) is 23.9 Å². The van der Waals surface area contributed by atoms with Crippen LogP contribution in [0.4, 0.5) is 13.2 Å². The Bertz CT molecular complexity index is 935. The minimum Gasteiger partial charge on any atom is -0.490 e. The van der Waals surface area contributed by atoms with E-state index in [1.807, 2.05) is 18.2 Å². The maximum absolute atomic E-state index is 12.7. The highest BCUT2D eigenvalue weighted by atomic mass is 32.2. The van der Waals surface area contributed by atoms with Gasteiger partial charge in [-0.2, -0.15) is 13.2 Å². The van der Waals surface area contributed by atoms with Gasteiger partial charge in [0, 0.05) is 16.9 Å². The van der Waals surface area contributed by atoms with Crippen LogP contribution in [0.5, 0.6) is 11.5 Å². The minimum atomic E-state index is -4.41. The van der Waals surface area contributed by atoms with Gasteiger partial charge in [0.05, 0.1) is 31.1 Å². The summed E-state index contributed by atoms with van der Waals surface area (Å²) in [6.07, 6.45) is -3.59. The first kappa shape index (κ1) is 20.9. The second kappa shape index (κ2) is 9.61. The van der Waals surface area contributed by atoms with Crippen molar-refractivity contribution in [3.8, 4) is 23.3 Å². The molecule has 0 aliphatic carbocycles. The van der Waals surface area contributed by atoms with Crippen molar-refractivity contribution in [1.82, 2.24) is 5.32 Å². The Morgan fingerprint density at radius 2 is 1.90 bits per heavy atom. The van der Waals surface area contributed by atoms with Crippen molar-refractivity contribution < 1.29 is 27.4 Å². The van der Waals surface area contributed by atoms with Gasteiger partial charge in [0.1, 0.15) is 0 Å². The number of rotatable bonds is 4. The van der Waals surface area contributed by atoms with Crippen LogP contribution >= 0.6 is 11.8 Å². The van der Waals surface area contributed by atoms with Crippen LogP contribution in [0.2, 0.25) is 0 Å². The number of nitrogens with one attached hydrogen (secondary N) is 1. The maximum atomic E-state index is 12.7. The van der Waals surface area contributed by atoms with Gasteiger partial charge >= 0.3 is 6.18 Å². The Morgan fingerprint density at radius 3 is 2.69 bits per heavy atom. The quantitative estimate of drug-likeness (QED) is 0.596. The van der Waals surface area contributed by atoms with E-state index in [0.29, 0.717) is 24.7 Å². The Labute approximate surface area is 170 Å². The molecule has 0 unspecified atom stereocenters. The summed E-state index contributed by atoms with van der Waals surface area (Å²) in [6.45, 7) is 1.26. The lowest BCUT2D eigenvalue weighted by molar-refractivity contribution is -0.137. The third-order valence-electron chi connectivity index (χ3n) is 3.89. The minimum absolute atomic E-state index is 0.0524. The third-order valence-corrected chi connectivity index (χ3v) is 4.88. The average molecular weight is 421 g/mol. The third kappa shape index (κ3) is 6.36. The van der Waals surface area contributed by atoms with Crippen LogP contribution in [0.25, 0.3) is 0 Å². The molecule has 3 rings (SSSR count). The molecule has 0 bridgehead atoms. The standard InChI is InChI=1S/C21H18F3NO3S/c22-21(23,24)16-6-1-4-15(12-16)5-2-9-25-20(26)14-29-17-7-8-18-19(13-17)28-11-3-10-27-18/h1,4,6-8,12-13H,3,9-11,14H2,(H,25,26). The average Bonchev–Trinajstić information content (AvgIpc) is 2.94. The predicted octanol–water partition coefficient (Wildman–Crippen LogP) is 4.13. The molecule has 1 aliphatic heterocycles. The zero-order valence-electron chi connectivity index (χ0n) is 15.3. The molecule has 1 heterocycles. The van der Waals surface area contributed by atoms with E-state index in [2.05, 4.69) is 17.2 Å². The van der Waals surface area contributed by atoms with Crippen molar-refractivity contribution in [2.75, 3.05) is 25.5 Å². The highest BCUT2D eigenvalue weighted by molar-refractivity contribution is 8.00. The summed E-state index contributed by atoms with van der Waals surface area (Å²) in [6, 6.07) is 10.3. The van der Waals surface area contributed by atoms with Crippen LogP contribution in [0.15, 0.2) is 47.4 Å². The molecule has 2 aromatic rings. The summed E-state index contributed by atoms with van der Waals surface area (Å²) >= 11 is 1.35. The number of halogens is 3. The number of carbonyl (C=O) groups is 1. The van der Waals surface area contributed by atoms with E-state index in [9.17, 15) is 18.0 Å². The molecule has 0 radical (unpaired) electrons. The van der Waals surface area contributed by atoms with E-state index in [1.54, 1.807) is 0 Å². The Hall–Kier alpha value is -2.79. The molecule has 8 heteroatoms. The van der Waals surface area contributed by atoms with Crippen molar-refractivity contribution in [2.24, 2.45) is 0 Å². The van der Waals surface area contributed by atoms with Crippen LogP contribution in [0.3, 0.4) is 0 Å². The predicted molar refractivity (Wildman–Crippen MR) is 104 cm³/mol. The molecular weight excluding hydrogens is 403 g/mol. The molecule has 4 nitrogen and oxygen atoms in total. The van der Waals surface area contributed by atoms with Crippen molar-refractivity contribution in [3.63, 3.8) is 0 Å². The molecule has 0 spiro atoms. The zero-order chi connectivity index (χ0) is 20.7. The fraction of sp³-hybridized carbons (Fsp3) is 0.286. The lowest BCUT2D eigenvalue weighted by Crippen LogP contribution is -2.25. The first-order chi connectivity index (χ1) is 13.9. The number of alkyl halides is 3. The van der Waals surface area contributed by atoms with Gasteiger partial charge in [-0.3, -0.25) is 4.79 Å². The van der Waals surface area contributed by atoms with Crippen LogP contribution < -0.4 is 14.8 Å². The fourth-order valence-electron chi connectivity index (χ4n) is 2.50. The van der Waals surface area contributed by atoms with Crippen LogP contribution in [0.1, 0.15) is 17.5 Å². The van der Waals surface area contributed by atoms with Crippen molar-refractivity contribution >= 4 is 17.7 Å². The lowest BCUT2D eigenvalue weighted by Gasteiger charge is -2.09. The molecule has 1 aliphatic rings. The molecule has 0 fully saturated rings. The van der Waals surface area contributed by atoms with Gasteiger partial charge in [0.15, 0.2) is 11.5 Å². The Balaban J connectivity index is 1.47. The van der Waals surface area contributed by atoms with Crippen molar-refractivity contribution in [2.45, 2.75) is 17.5 Å². The number of amides is 1. The van der Waals surface area contributed by atoms with Gasteiger partial charge in [0.25, 0.3) is 0 Å². The molecule has 0 saturated heterocycles.